The summed E-state index contributed by atoms with van der Waals surface area (Å²) in [6, 6.07) is 12.1. The van der Waals surface area contributed by atoms with E-state index < -0.39 is 0 Å². The molecule has 150 valence electrons. The molecule has 1 unspecified atom stereocenters. The van der Waals surface area contributed by atoms with Gasteiger partial charge in [0, 0.05) is 17.7 Å². The zero-order valence-corrected chi connectivity index (χ0v) is 16.4. The van der Waals surface area contributed by atoms with Crippen molar-refractivity contribution in [3.63, 3.8) is 0 Å². The fourth-order valence-electron chi connectivity index (χ4n) is 3.83. The lowest BCUT2D eigenvalue weighted by Gasteiger charge is -2.19. The first-order valence-electron chi connectivity index (χ1n) is 9.92. The van der Waals surface area contributed by atoms with E-state index >= 15 is 0 Å². The smallest absolute Gasteiger partial charge is 0.141 e. The number of benzene rings is 2. The Morgan fingerprint density at radius 3 is 3.00 bits per heavy atom. The van der Waals surface area contributed by atoms with Crippen molar-refractivity contribution in [3.8, 4) is 17.0 Å². The number of aldehydes is 1. The van der Waals surface area contributed by atoms with Crippen molar-refractivity contribution in [2.45, 2.75) is 39.0 Å². The van der Waals surface area contributed by atoms with Crippen molar-refractivity contribution in [1.29, 1.82) is 0 Å². The fraction of sp³-hybridized carbons (Fsp3) is 0.304. The van der Waals surface area contributed by atoms with Crippen molar-refractivity contribution < 1.29 is 13.9 Å². The highest BCUT2D eigenvalue weighted by Gasteiger charge is 2.29. The predicted octanol–water partition coefficient (Wildman–Crippen LogP) is 4.65. The molecule has 0 saturated heterocycles. The van der Waals surface area contributed by atoms with Gasteiger partial charge in [-0.1, -0.05) is 31.5 Å². The van der Waals surface area contributed by atoms with Crippen LogP contribution in [0.15, 0.2) is 48.7 Å². The molecule has 0 saturated carbocycles. The summed E-state index contributed by atoms with van der Waals surface area (Å²) >= 11 is 0. The fourth-order valence-corrected chi connectivity index (χ4v) is 3.83. The number of hydrogen-bond acceptors (Lipinski definition) is 4. The van der Waals surface area contributed by atoms with Crippen LogP contribution in [0.5, 0.6) is 5.75 Å². The van der Waals surface area contributed by atoms with E-state index in [-0.39, 0.29) is 11.9 Å². The molecule has 0 radical (unpaired) electrons. The number of H-pyrrole nitrogens is 1. The van der Waals surface area contributed by atoms with Gasteiger partial charge in [-0.05, 0) is 48.4 Å². The zero-order valence-electron chi connectivity index (χ0n) is 16.4. The standard InChI is InChI=1S/C23H24FN3O2/c1-2-3-9-27-13-17-11-20(7-8-21(17)22(27)14-28)29-15-18-12-25-26-23(18)16-5-4-6-19(24)10-16/h4-8,10-12,14,22H,2-3,9,13,15H2,1H3,(H,25,26). The van der Waals surface area contributed by atoms with Gasteiger partial charge in [0.25, 0.3) is 0 Å². The van der Waals surface area contributed by atoms with Crippen LogP contribution < -0.4 is 4.74 Å². The second-order valence-corrected chi connectivity index (χ2v) is 7.33. The second-order valence-electron chi connectivity index (χ2n) is 7.33. The van der Waals surface area contributed by atoms with Crippen LogP contribution >= 0.6 is 0 Å². The number of rotatable bonds is 8. The Balaban J connectivity index is 1.48. The summed E-state index contributed by atoms with van der Waals surface area (Å²) in [5, 5.41) is 7.01. The quantitative estimate of drug-likeness (QED) is 0.566. The molecule has 3 aromatic rings. The first kappa shape index (κ1) is 19.3. The van der Waals surface area contributed by atoms with Crippen LogP contribution in [-0.4, -0.2) is 27.9 Å². The molecule has 0 amide bonds. The lowest BCUT2D eigenvalue weighted by atomic mass is 10.1. The number of carbonyl (C=O) groups excluding carboxylic acids is 1. The first-order valence-corrected chi connectivity index (χ1v) is 9.92. The number of halogens is 1. The SMILES string of the molecule is CCCCN1Cc2cc(OCc3cn[nH]c3-c3cccc(F)c3)ccc2C1C=O. The summed E-state index contributed by atoms with van der Waals surface area (Å²) in [6.45, 7) is 4.14. The van der Waals surface area contributed by atoms with Crippen molar-refractivity contribution in [2.24, 2.45) is 0 Å². The zero-order chi connectivity index (χ0) is 20.2. The molecule has 2 heterocycles. The molecule has 1 aromatic heterocycles. The number of hydrogen-bond donors (Lipinski definition) is 1. The highest BCUT2D eigenvalue weighted by molar-refractivity contribution is 5.65. The molecule has 0 fully saturated rings. The third-order valence-corrected chi connectivity index (χ3v) is 5.35. The Hall–Kier alpha value is -2.99. The summed E-state index contributed by atoms with van der Waals surface area (Å²) in [4.78, 5) is 13.8. The lowest BCUT2D eigenvalue weighted by molar-refractivity contribution is -0.112. The van der Waals surface area contributed by atoms with E-state index in [2.05, 4.69) is 22.0 Å². The summed E-state index contributed by atoms with van der Waals surface area (Å²) in [5.41, 5.74) is 4.53. The topological polar surface area (TPSA) is 58.2 Å². The maximum absolute atomic E-state index is 13.5. The molecular weight excluding hydrogens is 369 g/mol. The van der Waals surface area contributed by atoms with Crippen LogP contribution in [-0.2, 0) is 17.9 Å². The highest BCUT2D eigenvalue weighted by Crippen LogP contribution is 2.35. The van der Waals surface area contributed by atoms with Gasteiger partial charge in [-0.25, -0.2) is 4.39 Å². The third kappa shape index (κ3) is 4.07. The van der Waals surface area contributed by atoms with Crippen LogP contribution in [0.1, 0.15) is 42.5 Å². The Labute approximate surface area is 169 Å². The predicted molar refractivity (Wildman–Crippen MR) is 109 cm³/mol. The molecular formula is C23H24FN3O2. The molecule has 0 spiro atoms. The van der Waals surface area contributed by atoms with E-state index in [1.807, 2.05) is 24.3 Å². The average molecular weight is 393 g/mol. The highest BCUT2D eigenvalue weighted by atomic mass is 19.1. The summed E-state index contributed by atoms with van der Waals surface area (Å²) in [6.07, 6.45) is 4.90. The number of aromatic nitrogens is 2. The van der Waals surface area contributed by atoms with Gasteiger partial charge in [0.15, 0.2) is 0 Å². The first-order chi connectivity index (χ1) is 14.2. The number of ether oxygens (including phenoxy) is 1. The largest absolute Gasteiger partial charge is 0.489 e. The van der Waals surface area contributed by atoms with Gasteiger partial charge in [0.1, 0.15) is 24.5 Å². The molecule has 4 rings (SSSR count). The molecule has 29 heavy (non-hydrogen) atoms. The summed E-state index contributed by atoms with van der Waals surface area (Å²) in [5.74, 6) is 0.456. The molecule has 1 aliphatic rings. The van der Waals surface area contributed by atoms with E-state index in [9.17, 15) is 9.18 Å². The Bertz CT molecular complexity index is 1000. The number of nitrogens with zero attached hydrogens (tertiary/aromatic N) is 2. The van der Waals surface area contributed by atoms with Gasteiger partial charge in [-0.15, -0.1) is 0 Å². The second kappa shape index (κ2) is 8.57. The van der Waals surface area contributed by atoms with E-state index in [1.54, 1.807) is 12.3 Å². The molecule has 2 aromatic carbocycles. The van der Waals surface area contributed by atoms with Crippen LogP contribution in [0.2, 0.25) is 0 Å². The van der Waals surface area contributed by atoms with Crippen LogP contribution in [0.4, 0.5) is 4.39 Å². The van der Waals surface area contributed by atoms with Crippen molar-refractivity contribution in [1.82, 2.24) is 15.1 Å². The minimum absolute atomic E-state index is 0.168. The van der Waals surface area contributed by atoms with Crippen molar-refractivity contribution in [2.75, 3.05) is 6.54 Å². The minimum Gasteiger partial charge on any atom is -0.489 e. The number of carbonyl (C=O) groups is 1. The van der Waals surface area contributed by atoms with Gasteiger partial charge in [-0.2, -0.15) is 5.10 Å². The van der Waals surface area contributed by atoms with Crippen LogP contribution in [0, 0.1) is 5.82 Å². The van der Waals surface area contributed by atoms with Gasteiger partial charge < -0.3 is 9.53 Å². The van der Waals surface area contributed by atoms with E-state index in [4.69, 9.17) is 4.74 Å². The Kier molecular flexibility index (Phi) is 5.71. The van der Waals surface area contributed by atoms with Crippen molar-refractivity contribution >= 4 is 6.29 Å². The van der Waals surface area contributed by atoms with Gasteiger partial charge in [0.2, 0.25) is 0 Å². The average Bonchev–Trinajstić information content (AvgIpc) is 3.34. The third-order valence-electron chi connectivity index (χ3n) is 5.35. The Morgan fingerprint density at radius 1 is 1.31 bits per heavy atom. The maximum atomic E-state index is 13.5. The lowest BCUT2D eigenvalue weighted by Crippen LogP contribution is -2.24. The summed E-state index contributed by atoms with van der Waals surface area (Å²) < 4.78 is 19.5. The van der Waals surface area contributed by atoms with E-state index in [0.717, 1.165) is 65.9 Å². The molecule has 1 N–H and O–H groups in total. The molecule has 5 nitrogen and oxygen atoms in total. The van der Waals surface area contributed by atoms with Gasteiger partial charge in [-0.3, -0.25) is 10.00 Å². The molecule has 1 atom stereocenters. The molecule has 0 bridgehead atoms. The number of fused-ring (bicyclic) bond motifs is 1. The molecule has 0 aliphatic carbocycles. The summed E-state index contributed by atoms with van der Waals surface area (Å²) in [7, 11) is 0. The monoisotopic (exact) mass is 393 g/mol. The number of nitrogens with one attached hydrogen (secondary N) is 1. The van der Waals surface area contributed by atoms with E-state index in [1.165, 1.54) is 12.1 Å². The molecule has 6 heteroatoms. The van der Waals surface area contributed by atoms with E-state index in [0.29, 0.717) is 6.61 Å². The van der Waals surface area contributed by atoms with Crippen molar-refractivity contribution in [3.05, 3.63) is 71.2 Å². The van der Waals surface area contributed by atoms with Crippen LogP contribution in [0.3, 0.4) is 0 Å². The number of aromatic amines is 1. The van der Waals surface area contributed by atoms with Gasteiger partial charge in [0.05, 0.1) is 17.9 Å². The minimum atomic E-state index is -0.292. The number of unbranched alkanes of at least 4 members (excludes halogenated alkanes) is 1. The Morgan fingerprint density at radius 2 is 2.21 bits per heavy atom. The van der Waals surface area contributed by atoms with Crippen LogP contribution in [0.25, 0.3) is 11.3 Å². The normalized spacial score (nSPS) is 16.0. The van der Waals surface area contributed by atoms with Gasteiger partial charge >= 0.3 is 0 Å². The maximum Gasteiger partial charge on any atom is 0.141 e. The molecule has 1 aliphatic heterocycles.